The Morgan fingerprint density at radius 1 is 1.36 bits per heavy atom. The molecule has 1 aliphatic rings. The van der Waals surface area contributed by atoms with Crippen molar-refractivity contribution in [3.8, 4) is 0 Å². The van der Waals surface area contributed by atoms with Gasteiger partial charge in [0, 0.05) is 37.6 Å². The Balaban J connectivity index is 1.88. The van der Waals surface area contributed by atoms with Crippen LogP contribution in [0.5, 0.6) is 0 Å². The Morgan fingerprint density at radius 3 is 2.55 bits per heavy atom. The first-order valence-electron chi connectivity index (χ1n) is 8.02. The normalized spacial score (nSPS) is 17.9. The zero-order valence-corrected chi connectivity index (χ0v) is 14.4. The summed E-state index contributed by atoms with van der Waals surface area (Å²) < 4.78 is 7.43. The van der Waals surface area contributed by atoms with Gasteiger partial charge < -0.3 is 19.9 Å². The van der Waals surface area contributed by atoms with Gasteiger partial charge in [-0.2, -0.15) is 0 Å². The van der Waals surface area contributed by atoms with Gasteiger partial charge >= 0.3 is 6.09 Å². The zero-order chi connectivity index (χ0) is 16.4. The average Bonchev–Trinajstić information content (AvgIpc) is 3.17. The zero-order valence-electron chi connectivity index (χ0n) is 14.4. The molecule has 0 spiro atoms. The van der Waals surface area contributed by atoms with Crippen LogP contribution in [0.4, 0.5) is 4.79 Å². The third-order valence-corrected chi connectivity index (χ3v) is 4.20. The van der Waals surface area contributed by atoms with Gasteiger partial charge in [-0.3, -0.25) is 0 Å². The summed E-state index contributed by atoms with van der Waals surface area (Å²) in [4.78, 5) is 11.9. The van der Waals surface area contributed by atoms with Crippen molar-refractivity contribution in [3.05, 3.63) is 24.0 Å². The molecule has 1 amide bonds. The van der Waals surface area contributed by atoms with Gasteiger partial charge in [0.1, 0.15) is 5.60 Å². The molecule has 5 nitrogen and oxygen atoms in total. The molecule has 1 fully saturated rings. The number of hydrogen-bond donors (Lipinski definition) is 2. The van der Waals surface area contributed by atoms with Crippen molar-refractivity contribution in [3.63, 3.8) is 0 Å². The van der Waals surface area contributed by atoms with Crippen molar-refractivity contribution in [2.75, 3.05) is 6.54 Å². The minimum atomic E-state index is -0.462. The standard InChI is InChI=1S/C17H29N3O2/c1-16(2,3)22-15(21)18-12-17(4,13-8-9-13)19-11-14-7-6-10-20(14)5/h6-7,10,13,19H,8-9,11-12H2,1-5H3,(H,18,21). The van der Waals surface area contributed by atoms with Crippen LogP contribution in [0.3, 0.4) is 0 Å². The van der Waals surface area contributed by atoms with Crippen LogP contribution < -0.4 is 10.6 Å². The second kappa shape index (κ2) is 6.32. The van der Waals surface area contributed by atoms with Crippen molar-refractivity contribution in [2.24, 2.45) is 13.0 Å². The molecule has 1 aromatic heterocycles. The van der Waals surface area contributed by atoms with E-state index in [0.29, 0.717) is 12.5 Å². The molecule has 0 radical (unpaired) electrons. The molecule has 0 bridgehead atoms. The quantitative estimate of drug-likeness (QED) is 0.849. The Kier molecular flexibility index (Phi) is 4.85. The summed E-state index contributed by atoms with van der Waals surface area (Å²) in [7, 11) is 2.05. The lowest BCUT2D eigenvalue weighted by atomic mass is 9.95. The van der Waals surface area contributed by atoms with Crippen molar-refractivity contribution in [1.82, 2.24) is 15.2 Å². The number of carbonyl (C=O) groups is 1. The molecule has 2 N–H and O–H groups in total. The number of alkyl carbamates (subject to hydrolysis) is 1. The largest absolute Gasteiger partial charge is 0.444 e. The number of aromatic nitrogens is 1. The van der Waals surface area contributed by atoms with E-state index < -0.39 is 5.60 Å². The SMILES string of the molecule is Cn1cccc1CNC(C)(CNC(=O)OC(C)(C)C)C1CC1. The second-order valence-electron chi connectivity index (χ2n) is 7.51. The third-order valence-electron chi connectivity index (χ3n) is 4.20. The van der Waals surface area contributed by atoms with E-state index in [9.17, 15) is 4.79 Å². The van der Waals surface area contributed by atoms with E-state index in [4.69, 9.17) is 4.74 Å². The van der Waals surface area contributed by atoms with Gasteiger partial charge in [-0.15, -0.1) is 0 Å². The van der Waals surface area contributed by atoms with Crippen LogP contribution in [0, 0.1) is 5.92 Å². The minimum absolute atomic E-state index is 0.0961. The average molecular weight is 307 g/mol. The van der Waals surface area contributed by atoms with E-state index in [-0.39, 0.29) is 11.6 Å². The first kappa shape index (κ1) is 16.9. The Morgan fingerprint density at radius 2 is 2.05 bits per heavy atom. The van der Waals surface area contributed by atoms with Gasteiger partial charge in [0.05, 0.1) is 0 Å². The van der Waals surface area contributed by atoms with E-state index in [1.807, 2.05) is 40.1 Å². The van der Waals surface area contributed by atoms with Gasteiger partial charge in [-0.1, -0.05) is 0 Å². The van der Waals surface area contributed by atoms with Crippen molar-refractivity contribution in [1.29, 1.82) is 0 Å². The molecule has 124 valence electrons. The molecule has 0 saturated heterocycles. The molecular weight excluding hydrogens is 278 g/mol. The third kappa shape index (κ3) is 4.77. The monoisotopic (exact) mass is 307 g/mol. The van der Waals surface area contributed by atoms with E-state index in [1.165, 1.54) is 18.5 Å². The molecule has 1 saturated carbocycles. The Bertz CT molecular complexity index is 514. The fraction of sp³-hybridized carbons (Fsp3) is 0.706. The van der Waals surface area contributed by atoms with Gasteiger partial charge in [0.2, 0.25) is 0 Å². The highest BCUT2D eigenvalue weighted by Gasteiger charge is 2.41. The first-order valence-corrected chi connectivity index (χ1v) is 8.02. The highest BCUT2D eigenvalue weighted by Crippen LogP contribution is 2.39. The van der Waals surface area contributed by atoms with Gasteiger partial charge in [0.15, 0.2) is 0 Å². The number of nitrogens with zero attached hydrogens (tertiary/aromatic N) is 1. The molecule has 2 rings (SSSR count). The molecule has 1 aromatic rings. The van der Waals surface area contributed by atoms with Crippen LogP contribution in [0.2, 0.25) is 0 Å². The van der Waals surface area contributed by atoms with E-state index in [0.717, 1.165) is 6.54 Å². The number of rotatable bonds is 6. The van der Waals surface area contributed by atoms with Gasteiger partial charge in [-0.25, -0.2) is 4.79 Å². The predicted molar refractivity (Wildman–Crippen MR) is 87.6 cm³/mol. The van der Waals surface area contributed by atoms with Crippen molar-refractivity contribution < 1.29 is 9.53 Å². The number of aryl methyl sites for hydroxylation is 1. The maximum Gasteiger partial charge on any atom is 0.407 e. The highest BCUT2D eigenvalue weighted by molar-refractivity contribution is 5.67. The first-order chi connectivity index (χ1) is 10.2. The number of nitrogens with one attached hydrogen (secondary N) is 2. The van der Waals surface area contributed by atoms with E-state index >= 15 is 0 Å². The van der Waals surface area contributed by atoms with Crippen LogP contribution in [0.25, 0.3) is 0 Å². The van der Waals surface area contributed by atoms with Crippen LogP contribution >= 0.6 is 0 Å². The van der Waals surface area contributed by atoms with Gasteiger partial charge in [-0.05, 0) is 58.6 Å². The smallest absolute Gasteiger partial charge is 0.407 e. The van der Waals surface area contributed by atoms with E-state index in [1.54, 1.807) is 0 Å². The van der Waals surface area contributed by atoms with Crippen molar-refractivity contribution in [2.45, 2.75) is 58.2 Å². The summed E-state index contributed by atoms with van der Waals surface area (Å²) in [5.41, 5.74) is 0.682. The maximum absolute atomic E-state index is 11.9. The lowest BCUT2D eigenvalue weighted by molar-refractivity contribution is 0.0507. The maximum atomic E-state index is 11.9. The molecular formula is C17H29N3O2. The minimum Gasteiger partial charge on any atom is -0.444 e. The molecule has 1 heterocycles. The second-order valence-corrected chi connectivity index (χ2v) is 7.51. The molecule has 0 aliphatic heterocycles. The number of hydrogen-bond acceptors (Lipinski definition) is 3. The summed E-state index contributed by atoms with van der Waals surface area (Å²) in [6.07, 6.45) is 4.13. The number of amides is 1. The van der Waals surface area contributed by atoms with Crippen LogP contribution in [-0.2, 0) is 18.3 Å². The number of carbonyl (C=O) groups excluding carboxylic acids is 1. The lowest BCUT2D eigenvalue weighted by Gasteiger charge is -2.32. The van der Waals surface area contributed by atoms with Crippen molar-refractivity contribution >= 4 is 6.09 Å². The lowest BCUT2D eigenvalue weighted by Crippen LogP contribution is -2.53. The fourth-order valence-electron chi connectivity index (χ4n) is 2.61. The summed E-state index contributed by atoms with van der Waals surface area (Å²) in [5.74, 6) is 0.614. The molecule has 5 heteroatoms. The van der Waals surface area contributed by atoms with E-state index in [2.05, 4.69) is 28.2 Å². The highest BCUT2D eigenvalue weighted by atomic mass is 16.6. The van der Waals surface area contributed by atoms with Crippen LogP contribution in [0.15, 0.2) is 18.3 Å². The molecule has 1 aliphatic carbocycles. The summed E-state index contributed by atoms with van der Waals surface area (Å²) in [5, 5.41) is 6.54. The van der Waals surface area contributed by atoms with Crippen LogP contribution in [-0.4, -0.2) is 28.3 Å². The molecule has 1 unspecified atom stereocenters. The molecule has 22 heavy (non-hydrogen) atoms. The predicted octanol–water partition coefficient (Wildman–Crippen LogP) is 2.81. The number of ether oxygens (including phenoxy) is 1. The Labute approximate surface area is 133 Å². The molecule has 1 atom stereocenters. The summed E-state index contributed by atoms with van der Waals surface area (Å²) >= 11 is 0. The molecule has 0 aromatic carbocycles. The van der Waals surface area contributed by atoms with Crippen LogP contribution in [0.1, 0.15) is 46.2 Å². The topological polar surface area (TPSA) is 55.3 Å². The summed E-state index contributed by atoms with van der Waals surface area (Å²) in [6, 6.07) is 4.16. The summed E-state index contributed by atoms with van der Waals surface area (Å²) in [6.45, 7) is 9.19. The Hall–Kier alpha value is -1.49. The van der Waals surface area contributed by atoms with Gasteiger partial charge in [0.25, 0.3) is 0 Å². The fourth-order valence-corrected chi connectivity index (χ4v) is 2.61.